The molecule has 0 radical (unpaired) electrons. The Labute approximate surface area is 124 Å². The molecule has 0 aliphatic carbocycles. The predicted octanol–water partition coefficient (Wildman–Crippen LogP) is 3.45. The summed E-state index contributed by atoms with van der Waals surface area (Å²) in [5, 5.41) is 20.3. The number of aryl methyl sites for hydroxylation is 1. The largest absolute Gasteiger partial charge is 0.399 e. The number of nitrogens with two attached hydrogens (primary N) is 1. The summed E-state index contributed by atoms with van der Waals surface area (Å²) >= 11 is 0. The third kappa shape index (κ3) is 3.21. The van der Waals surface area contributed by atoms with Gasteiger partial charge in [-0.25, -0.2) is 0 Å². The number of hydrogen-bond donors (Lipinski definition) is 3. The average molecular weight is 278 g/mol. The first-order chi connectivity index (χ1) is 10.0. The molecule has 4 nitrogen and oxygen atoms in total. The van der Waals surface area contributed by atoms with Crippen molar-refractivity contribution in [3.8, 4) is 6.07 Å². The van der Waals surface area contributed by atoms with E-state index in [-0.39, 0.29) is 0 Å². The molecule has 4 heteroatoms. The molecule has 0 spiro atoms. The maximum Gasteiger partial charge on any atom is 0.0995 e. The van der Waals surface area contributed by atoms with Crippen LogP contribution in [0.2, 0.25) is 0 Å². The van der Waals surface area contributed by atoms with Crippen molar-refractivity contribution in [2.75, 3.05) is 11.1 Å². The molecule has 0 aromatic heterocycles. The highest BCUT2D eigenvalue weighted by Gasteiger charge is 2.08. The van der Waals surface area contributed by atoms with Crippen LogP contribution in [0.5, 0.6) is 0 Å². The molecule has 0 aliphatic rings. The first kappa shape index (κ1) is 14.6. The van der Waals surface area contributed by atoms with Crippen LogP contribution in [-0.4, -0.2) is 5.71 Å². The Morgan fingerprint density at radius 3 is 2.76 bits per heavy atom. The van der Waals surface area contributed by atoms with E-state index in [1.807, 2.05) is 37.3 Å². The van der Waals surface area contributed by atoms with E-state index in [2.05, 4.69) is 11.4 Å². The lowest BCUT2D eigenvalue weighted by molar-refractivity contribution is 1.10. The SMILES string of the molecule is CC(=N)c1ccc(N)cc1NCc1c(C)cccc1C#N. The summed E-state index contributed by atoms with van der Waals surface area (Å²) in [6, 6.07) is 13.3. The minimum Gasteiger partial charge on any atom is -0.399 e. The van der Waals surface area contributed by atoms with Gasteiger partial charge >= 0.3 is 0 Å². The third-order valence-electron chi connectivity index (χ3n) is 3.43. The lowest BCUT2D eigenvalue weighted by Gasteiger charge is -2.14. The zero-order valence-corrected chi connectivity index (χ0v) is 12.2. The molecule has 0 saturated heterocycles. The molecule has 0 bridgehead atoms. The van der Waals surface area contributed by atoms with Crippen molar-refractivity contribution in [2.24, 2.45) is 0 Å². The quantitative estimate of drug-likeness (QED) is 0.591. The Kier molecular flexibility index (Phi) is 4.24. The number of hydrogen-bond acceptors (Lipinski definition) is 4. The van der Waals surface area contributed by atoms with Gasteiger partial charge in [0.2, 0.25) is 0 Å². The lowest BCUT2D eigenvalue weighted by atomic mass is 10.0. The predicted molar refractivity (Wildman–Crippen MR) is 86.6 cm³/mol. The Morgan fingerprint density at radius 2 is 2.10 bits per heavy atom. The average Bonchev–Trinajstić information content (AvgIpc) is 2.45. The van der Waals surface area contributed by atoms with Gasteiger partial charge in [0.25, 0.3) is 0 Å². The van der Waals surface area contributed by atoms with E-state index >= 15 is 0 Å². The van der Waals surface area contributed by atoms with E-state index < -0.39 is 0 Å². The molecule has 0 aliphatic heterocycles. The van der Waals surface area contributed by atoms with Gasteiger partial charge in [0.05, 0.1) is 11.6 Å². The summed E-state index contributed by atoms with van der Waals surface area (Å²) in [5.41, 5.74) is 11.3. The Morgan fingerprint density at radius 1 is 1.33 bits per heavy atom. The van der Waals surface area contributed by atoms with Gasteiger partial charge in [-0.3, -0.25) is 0 Å². The molecule has 2 rings (SSSR count). The molecule has 0 amide bonds. The fourth-order valence-corrected chi connectivity index (χ4v) is 2.26. The summed E-state index contributed by atoms with van der Waals surface area (Å²) in [4.78, 5) is 0. The maximum atomic E-state index is 9.20. The van der Waals surface area contributed by atoms with Crippen molar-refractivity contribution >= 4 is 17.1 Å². The highest BCUT2D eigenvalue weighted by molar-refractivity contribution is 6.01. The Bertz CT molecular complexity index is 726. The molecule has 106 valence electrons. The highest BCUT2D eigenvalue weighted by Crippen LogP contribution is 2.22. The van der Waals surface area contributed by atoms with Crippen LogP contribution in [0.4, 0.5) is 11.4 Å². The fourth-order valence-electron chi connectivity index (χ4n) is 2.26. The van der Waals surface area contributed by atoms with E-state index in [1.54, 1.807) is 13.0 Å². The molecule has 2 aromatic carbocycles. The van der Waals surface area contributed by atoms with Gasteiger partial charge in [0.1, 0.15) is 0 Å². The zero-order chi connectivity index (χ0) is 15.4. The van der Waals surface area contributed by atoms with Crippen LogP contribution >= 0.6 is 0 Å². The third-order valence-corrected chi connectivity index (χ3v) is 3.43. The van der Waals surface area contributed by atoms with Gasteiger partial charge < -0.3 is 16.5 Å². The Balaban J connectivity index is 2.31. The smallest absolute Gasteiger partial charge is 0.0995 e. The molecule has 21 heavy (non-hydrogen) atoms. The first-order valence-corrected chi connectivity index (χ1v) is 6.70. The molecule has 2 aromatic rings. The minimum absolute atomic E-state index is 0.475. The first-order valence-electron chi connectivity index (χ1n) is 6.70. The van der Waals surface area contributed by atoms with Gasteiger partial charge in [-0.05, 0) is 49.2 Å². The number of nitrogens with one attached hydrogen (secondary N) is 2. The molecular formula is C17H18N4. The minimum atomic E-state index is 0.475. The molecule has 0 saturated carbocycles. The van der Waals surface area contributed by atoms with Crippen LogP contribution in [0.25, 0.3) is 0 Å². The zero-order valence-electron chi connectivity index (χ0n) is 12.2. The second-order valence-electron chi connectivity index (χ2n) is 5.00. The number of benzene rings is 2. The normalized spacial score (nSPS) is 9.95. The number of nitrogen functional groups attached to an aromatic ring is 1. The van der Waals surface area contributed by atoms with Crippen molar-refractivity contribution in [2.45, 2.75) is 20.4 Å². The molecule has 0 fully saturated rings. The fraction of sp³-hybridized carbons (Fsp3) is 0.176. The summed E-state index contributed by atoms with van der Waals surface area (Å²) < 4.78 is 0. The van der Waals surface area contributed by atoms with Gasteiger partial charge in [-0.15, -0.1) is 0 Å². The Hall–Kier alpha value is -2.80. The van der Waals surface area contributed by atoms with Crippen LogP contribution in [0, 0.1) is 23.7 Å². The van der Waals surface area contributed by atoms with Crippen molar-refractivity contribution in [3.63, 3.8) is 0 Å². The highest BCUT2D eigenvalue weighted by atomic mass is 14.9. The number of nitrogens with zero attached hydrogens (tertiary/aromatic N) is 1. The molecule has 0 heterocycles. The summed E-state index contributed by atoms with van der Waals surface area (Å²) in [5.74, 6) is 0. The second-order valence-corrected chi connectivity index (χ2v) is 5.00. The van der Waals surface area contributed by atoms with Crippen molar-refractivity contribution in [1.29, 1.82) is 10.7 Å². The van der Waals surface area contributed by atoms with Crippen molar-refractivity contribution < 1.29 is 0 Å². The van der Waals surface area contributed by atoms with Crippen LogP contribution in [0.15, 0.2) is 36.4 Å². The topological polar surface area (TPSA) is 85.7 Å². The number of anilines is 2. The molecule has 4 N–H and O–H groups in total. The van der Waals surface area contributed by atoms with E-state index in [0.29, 0.717) is 23.5 Å². The van der Waals surface area contributed by atoms with E-state index in [4.69, 9.17) is 11.1 Å². The van der Waals surface area contributed by atoms with Crippen LogP contribution in [0.3, 0.4) is 0 Å². The number of rotatable bonds is 4. The van der Waals surface area contributed by atoms with Gasteiger partial charge in [0, 0.05) is 29.2 Å². The van der Waals surface area contributed by atoms with Crippen molar-refractivity contribution in [3.05, 3.63) is 58.7 Å². The maximum absolute atomic E-state index is 9.20. The molecular weight excluding hydrogens is 260 g/mol. The van der Waals surface area contributed by atoms with Crippen LogP contribution in [0.1, 0.15) is 29.2 Å². The molecule has 0 unspecified atom stereocenters. The van der Waals surface area contributed by atoms with Gasteiger partial charge in [-0.2, -0.15) is 5.26 Å². The van der Waals surface area contributed by atoms with Gasteiger partial charge in [-0.1, -0.05) is 12.1 Å². The van der Waals surface area contributed by atoms with Crippen LogP contribution in [-0.2, 0) is 6.54 Å². The number of nitriles is 1. The second kappa shape index (κ2) is 6.10. The van der Waals surface area contributed by atoms with E-state index in [9.17, 15) is 5.26 Å². The van der Waals surface area contributed by atoms with Gasteiger partial charge in [0.15, 0.2) is 0 Å². The van der Waals surface area contributed by atoms with Crippen molar-refractivity contribution in [1.82, 2.24) is 0 Å². The van der Waals surface area contributed by atoms with E-state index in [0.717, 1.165) is 22.4 Å². The van der Waals surface area contributed by atoms with E-state index in [1.165, 1.54) is 0 Å². The summed E-state index contributed by atoms with van der Waals surface area (Å²) in [6.45, 7) is 4.25. The summed E-state index contributed by atoms with van der Waals surface area (Å²) in [7, 11) is 0. The monoisotopic (exact) mass is 278 g/mol. The molecule has 0 atom stereocenters. The lowest BCUT2D eigenvalue weighted by Crippen LogP contribution is -2.08. The standard InChI is InChI=1S/C17H18N4/c1-11-4-3-5-13(9-18)16(11)10-21-17-8-14(20)6-7-15(17)12(2)19/h3-8,19,21H,10,20H2,1-2H3. The summed E-state index contributed by atoms with van der Waals surface area (Å²) in [6.07, 6.45) is 0. The van der Waals surface area contributed by atoms with Crippen LogP contribution < -0.4 is 11.1 Å².